The highest BCUT2D eigenvalue weighted by atomic mass is 16.6. The zero-order valence-electron chi connectivity index (χ0n) is 18.2. The number of nitro groups is 1. The number of carbonyl (C=O) groups is 2. The lowest BCUT2D eigenvalue weighted by atomic mass is 10.2. The second kappa shape index (κ2) is 10.4. The van der Waals surface area contributed by atoms with E-state index in [4.69, 9.17) is 9.47 Å². The number of hydrogen-bond acceptors (Lipinski definition) is 8. The number of esters is 1. The third-order valence-corrected chi connectivity index (χ3v) is 5.35. The number of ether oxygens (including phenoxy) is 2. The van der Waals surface area contributed by atoms with Crippen molar-refractivity contribution in [3.8, 4) is 11.5 Å². The topological polar surface area (TPSA) is 115 Å². The summed E-state index contributed by atoms with van der Waals surface area (Å²) in [5, 5.41) is 10.8. The van der Waals surface area contributed by atoms with E-state index in [0.29, 0.717) is 37.7 Å². The quantitative estimate of drug-likeness (QED) is 0.298. The van der Waals surface area contributed by atoms with Gasteiger partial charge in [0.15, 0.2) is 6.61 Å². The number of benzene rings is 2. The van der Waals surface area contributed by atoms with Crippen LogP contribution in [0.15, 0.2) is 73.1 Å². The van der Waals surface area contributed by atoms with Gasteiger partial charge in [-0.1, -0.05) is 12.1 Å². The first-order chi connectivity index (χ1) is 16.5. The van der Waals surface area contributed by atoms with Crippen molar-refractivity contribution in [1.29, 1.82) is 0 Å². The van der Waals surface area contributed by atoms with Crippen LogP contribution in [0.1, 0.15) is 10.4 Å². The predicted molar refractivity (Wildman–Crippen MR) is 123 cm³/mol. The molecule has 2 heterocycles. The molecule has 0 unspecified atom stereocenters. The van der Waals surface area contributed by atoms with Crippen molar-refractivity contribution in [1.82, 2.24) is 9.88 Å². The summed E-state index contributed by atoms with van der Waals surface area (Å²) in [5.74, 6) is -0.158. The number of nitrogens with zero attached hydrogens (tertiary/aromatic N) is 4. The van der Waals surface area contributed by atoms with E-state index in [2.05, 4.69) is 4.98 Å². The number of nitro benzene ring substituents is 1. The Morgan fingerprint density at radius 2 is 1.71 bits per heavy atom. The predicted octanol–water partition coefficient (Wildman–Crippen LogP) is 3.29. The van der Waals surface area contributed by atoms with Crippen LogP contribution in [0, 0.1) is 10.1 Å². The highest BCUT2D eigenvalue weighted by Crippen LogP contribution is 2.25. The molecule has 0 radical (unpaired) electrons. The molecule has 174 valence electrons. The Kier molecular flexibility index (Phi) is 6.97. The molecule has 0 N–H and O–H groups in total. The summed E-state index contributed by atoms with van der Waals surface area (Å²) in [6, 6.07) is 16.4. The Balaban J connectivity index is 1.29. The molecule has 0 saturated carbocycles. The molecule has 34 heavy (non-hydrogen) atoms. The zero-order chi connectivity index (χ0) is 23.9. The molecule has 10 nitrogen and oxygen atoms in total. The summed E-state index contributed by atoms with van der Waals surface area (Å²) in [7, 11) is 0. The van der Waals surface area contributed by atoms with Crippen LogP contribution in [0.2, 0.25) is 0 Å². The third-order valence-electron chi connectivity index (χ3n) is 5.35. The molecular weight excluding hydrogens is 440 g/mol. The number of rotatable bonds is 7. The molecule has 3 aromatic rings. The first-order valence-corrected chi connectivity index (χ1v) is 10.6. The molecule has 1 aliphatic heterocycles. The van der Waals surface area contributed by atoms with Crippen LogP contribution in [-0.4, -0.2) is 59.5 Å². The van der Waals surface area contributed by atoms with Crippen molar-refractivity contribution in [2.45, 2.75) is 0 Å². The molecule has 1 aromatic heterocycles. The van der Waals surface area contributed by atoms with Crippen LogP contribution in [0.25, 0.3) is 0 Å². The van der Waals surface area contributed by atoms with Crippen molar-refractivity contribution >= 4 is 23.3 Å². The van der Waals surface area contributed by atoms with Gasteiger partial charge < -0.3 is 19.3 Å². The number of amides is 1. The Bertz CT molecular complexity index is 1160. The van der Waals surface area contributed by atoms with Crippen molar-refractivity contribution < 1.29 is 24.0 Å². The van der Waals surface area contributed by atoms with E-state index in [-0.39, 0.29) is 23.8 Å². The Morgan fingerprint density at radius 3 is 2.38 bits per heavy atom. The van der Waals surface area contributed by atoms with Gasteiger partial charge in [-0.15, -0.1) is 0 Å². The number of non-ortho nitro benzene ring substituents is 1. The van der Waals surface area contributed by atoms with Crippen molar-refractivity contribution in [2.75, 3.05) is 37.7 Å². The van der Waals surface area contributed by atoms with Gasteiger partial charge in [-0.25, -0.2) is 4.79 Å². The summed E-state index contributed by atoms with van der Waals surface area (Å²) >= 11 is 0. The first-order valence-electron chi connectivity index (χ1n) is 10.6. The molecule has 1 saturated heterocycles. The number of piperazine rings is 1. The van der Waals surface area contributed by atoms with E-state index in [0.717, 1.165) is 5.69 Å². The van der Waals surface area contributed by atoms with E-state index in [1.807, 2.05) is 4.90 Å². The molecule has 4 rings (SSSR count). The van der Waals surface area contributed by atoms with Gasteiger partial charge >= 0.3 is 5.97 Å². The zero-order valence-corrected chi connectivity index (χ0v) is 18.2. The normalized spacial score (nSPS) is 13.3. The molecule has 2 aromatic carbocycles. The maximum Gasteiger partial charge on any atom is 0.342 e. The highest BCUT2D eigenvalue weighted by Gasteiger charge is 2.23. The van der Waals surface area contributed by atoms with E-state index >= 15 is 0 Å². The molecule has 10 heteroatoms. The number of para-hydroxylation sites is 1. The van der Waals surface area contributed by atoms with Crippen LogP contribution in [-0.2, 0) is 9.53 Å². The minimum atomic E-state index is -0.655. The third kappa shape index (κ3) is 5.47. The molecule has 1 amide bonds. The molecular formula is C24H22N4O6. The van der Waals surface area contributed by atoms with Gasteiger partial charge in [-0.2, -0.15) is 0 Å². The maximum absolute atomic E-state index is 12.6. The van der Waals surface area contributed by atoms with Crippen molar-refractivity contribution in [3.63, 3.8) is 0 Å². The van der Waals surface area contributed by atoms with Gasteiger partial charge in [-0.3, -0.25) is 19.9 Å². The van der Waals surface area contributed by atoms with E-state index in [9.17, 15) is 19.7 Å². The average Bonchev–Trinajstić information content (AvgIpc) is 2.88. The van der Waals surface area contributed by atoms with Crippen LogP contribution >= 0.6 is 0 Å². The lowest BCUT2D eigenvalue weighted by Crippen LogP contribution is -2.49. The number of pyridine rings is 1. The number of hydrogen-bond donors (Lipinski definition) is 0. The summed E-state index contributed by atoms with van der Waals surface area (Å²) in [6.45, 7) is 1.66. The Hall–Kier alpha value is -4.47. The fourth-order valence-electron chi connectivity index (χ4n) is 3.55. The summed E-state index contributed by atoms with van der Waals surface area (Å²) < 4.78 is 11.0. The fourth-order valence-corrected chi connectivity index (χ4v) is 3.55. The van der Waals surface area contributed by atoms with E-state index in [1.165, 1.54) is 18.3 Å². The first kappa shape index (κ1) is 22.7. The minimum Gasteiger partial charge on any atom is -0.455 e. The second-order valence-corrected chi connectivity index (χ2v) is 7.50. The van der Waals surface area contributed by atoms with Gasteiger partial charge in [0.25, 0.3) is 11.6 Å². The standard InChI is InChI=1S/C24H22N4O6/c29-23(27-14-12-26(13-15-27)18-7-9-19(10-8-18)28(31)32)17-33-24(30)21-5-1-2-6-22(21)34-20-4-3-11-25-16-20/h1-11,16H,12-15,17H2. The van der Waals surface area contributed by atoms with Crippen LogP contribution in [0.3, 0.4) is 0 Å². The number of aromatic nitrogens is 1. The van der Waals surface area contributed by atoms with E-state index in [1.54, 1.807) is 59.6 Å². The smallest absolute Gasteiger partial charge is 0.342 e. The molecule has 0 aliphatic carbocycles. The van der Waals surface area contributed by atoms with Crippen LogP contribution in [0.4, 0.5) is 11.4 Å². The van der Waals surface area contributed by atoms with Gasteiger partial charge in [0, 0.05) is 50.2 Å². The molecule has 0 spiro atoms. The van der Waals surface area contributed by atoms with Crippen LogP contribution in [0.5, 0.6) is 11.5 Å². The monoisotopic (exact) mass is 462 g/mol. The summed E-state index contributed by atoms with van der Waals surface area (Å²) in [6.07, 6.45) is 3.15. The van der Waals surface area contributed by atoms with Gasteiger partial charge in [-0.05, 0) is 36.4 Å². The Labute approximate surface area is 195 Å². The molecule has 0 atom stereocenters. The van der Waals surface area contributed by atoms with Gasteiger partial charge in [0.1, 0.15) is 17.1 Å². The average molecular weight is 462 g/mol. The number of anilines is 1. The minimum absolute atomic E-state index is 0.0341. The molecule has 1 fully saturated rings. The highest BCUT2D eigenvalue weighted by molar-refractivity contribution is 5.94. The maximum atomic E-state index is 12.6. The van der Waals surface area contributed by atoms with Gasteiger partial charge in [0.05, 0.1) is 11.1 Å². The lowest BCUT2D eigenvalue weighted by molar-refractivity contribution is -0.384. The SMILES string of the molecule is O=C(OCC(=O)N1CCN(c2ccc([N+](=O)[O-])cc2)CC1)c1ccccc1Oc1cccnc1. The van der Waals surface area contributed by atoms with Crippen molar-refractivity contribution in [3.05, 3.63) is 88.7 Å². The van der Waals surface area contributed by atoms with Crippen LogP contribution < -0.4 is 9.64 Å². The van der Waals surface area contributed by atoms with Crippen molar-refractivity contribution in [2.24, 2.45) is 0 Å². The Morgan fingerprint density at radius 1 is 0.971 bits per heavy atom. The largest absolute Gasteiger partial charge is 0.455 e. The second-order valence-electron chi connectivity index (χ2n) is 7.50. The molecule has 0 bridgehead atoms. The lowest BCUT2D eigenvalue weighted by Gasteiger charge is -2.36. The fraction of sp³-hybridized carbons (Fsp3) is 0.208. The number of carbonyl (C=O) groups excluding carboxylic acids is 2. The van der Waals surface area contributed by atoms with Gasteiger partial charge in [0.2, 0.25) is 0 Å². The van der Waals surface area contributed by atoms with E-state index < -0.39 is 10.9 Å². The summed E-state index contributed by atoms with van der Waals surface area (Å²) in [5.41, 5.74) is 1.10. The summed E-state index contributed by atoms with van der Waals surface area (Å²) in [4.78, 5) is 43.2. The molecule has 1 aliphatic rings.